The number of hydrogen-bond acceptors (Lipinski definition) is 3. The van der Waals surface area contributed by atoms with E-state index in [9.17, 15) is 8.42 Å². The van der Waals surface area contributed by atoms with Crippen molar-refractivity contribution in [1.29, 1.82) is 0 Å². The fourth-order valence-corrected chi connectivity index (χ4v) is 2.77. The molecular weight excluding hydrogens is 246 g/mol. The molecule has 0 aliphatic carbocycles. The molecule has 1 aromatic rings. The van der Waals surface area contributed by atoms with Gasteiger partial charge in [-0.25, -0.2) is 8.42 Å². The summed E-state index contributed by atoms with van der Waals surface area (Å²) in [4.78, 5) is 0.347. The van der Waals surface area contributed by atoms with Crippen molar-refractivity contribution in [1.82, 2.24) is 0 Å². The molecule has 0 heterocycles. The quantitative estimate of drug-likeness (QED) is 0.863. The summed E-state index contributed by atoms with van der Waals surface area (Å²) in [6.45, 7) is 4.37. The fraction of sp³-hybridized carbons (Fsp3) is 0.571. The monoisotopic (exact) mass is 269 g/mol. The van der Waals surface area contributed by atoms with Crippen LogP contribution < -0.4 is 5.73 Å². The molecule has 1 rings (SSSR count). The van der Waals surface area contributed by atoms with E-state index in [0.717, 1.165) is 12.0 Å². The van der Waals surface area contributed by atoms with Gasteiger partial charge in [-0.15, -0.1) is 0 Å². The van der Waals surface area contributed by atoms with Crippen molar-refractivity contribution in [2.24, 2.45) is 11.7 Å². The van der Waals surface area contributed by atoms with Gasteiger partial charge in [0.2, 0.25) is 0 Å². The molecule has 0 spiro atoms. The largest absolute Gasteiger partial charge is 0.324 e. The van der Waals surface area contributed by atoms with Gasteiger partial charge in [0.15, 0.2) is 9.84 Å². The van der Waals surface area contributed by atoms with E-state index >= 15 is 0 Å². The van der Waals surface area contributed by atoms with Crippen molar-refractivity contribution in [3.05, 3.63) is 29.8 Å². The maximum absolute atomic E-state index is 11.3. The topological polar surface area (TPSA) is 60.2 Å². The van der Waals surface area contributed by atoms with Crippen LogP contribution in [-0.4, -0.2) is 14.7 Å². The molecule has 0 aliphatic rings. The van der Waals surface area contributed by atoms with Gasteiger partial charge in [0.1, 0.15) is 0 Å². The second-order valence-electron chi connectivity index (χ2n) is 5.08. The molecule has 0 radical (unpaired) electrons. The number of sulfone groups is 1. The second kappa shape index (κ2) is 6.34. The van der Waals surface area contributed by atoms with Crippen LogP contribution >= 0.6 is 0 Å². The van der Waals surface area contributed by atoms with E-state index in [4.69, 9.17) is 5.73 Å². The Morgan fingerprint density at radius 1 is 1.22 bits per heavy atom. The van der Waals surface area contributed by atoms with E-state index in [1.165, 1.54) is 19.1 Å². The van der Waals surface area contributed by atoms with E-state index in [-0.39, 0.29) is 6.04 Å². The van der Waals surface area contributed by atoms with Gasteiger partial charge in [-0.1, -0.05) is 38.8 Å². The highest BCUT2D eigenvalue weighted by atomic mass is 32.2. The van der Waals surface area contributed by atoms with Crippen molar-refractivity contribution in [3.63, 3.8) is 0 Å². The van der Waals surface area contributed by atoms with E-state index < -0.39 is 9.84 Å². The van der Waals surface area contributed by atoms with Gasteiger partial charge in [-0.3, -0.25) is 0 Å². The molecule has 0 saturated carbocycles. The van der Waals surface area contributed by atoms with Crippen molar-refractivity contribution in [2.75, 3.05) is 6.26 Å². The lowest BCUT2D eigenvalue weighted by Crippen LogP contribution is -2.14. The standard InChI is InChI=1S/C14H23NO2S/c1-4-5-11(2)10-14(15)12-6-8-13(9-7-12)18(3,16)17/h6-9,11,14H,4-5,10,15H2,1-3H3. The maximum Gasteiger partial charge on any atom is 0.175 e. The number of nitrogens with two attached hydrogens (primary N) is 1. The van der Waals surface area contributed by atoms with Crippen LogP contribution in [-0.2, 0) is 9.84 Å². The Bertz CT molecular complexity index is 465. The van der Waals surface area contributed by atoms with Gasteiger partial charge in [0.05, 0.1) is 4.90 Å². The van der Waals surface area contributed by atoms with Crippen molar-refractivity contribution < 1.29 is 8.42 Å². The van der Waals surface area contributed by atoms with Gasteiger partial charge in [0, 0.05) is 12.3 Å². The minimum atomic E-state index is -3.12. The molecule has 0 fully saturated rings. The SMILES string of the molecule is CCCC(C)CC(N)c1ccc(S(C)(=O)=O)cc1. The predicted octanol–water partition coefficient (Wildman–Crippen LogP) is 2.92. The van der Waals surface area contributed by atoms with Crippen molar-refractivity contribution in [3.8, 4) is 0 Å². The zero-order valence-electron chi connectivity index (χ0n) is 11.4. The molecule has 4 heteroatoms. The van der Waals surface area contributed by atoms with Gasteiger partial charge in [0.25, 0.3) is 0 Å². The summed E-state index contributed by atoms with van der Waals surface area (Å²) < 4.78 is 22.7. The van der Waals surface area contributed by atoms with E-state index in [2.05, 4.69) is 13.8 Å². The summed E-state index contributed by atoms with van der Waals surface area (Å²) in [6, 6.07) is 6.89. The van der Waals surface area contributed by atoms with Gasteiger partial charge in [-0.05, 0) is 30.0 Å². The van der Waals surface area contributed by atoms with Crippen LogP contribution in [0.3, 0.4) is 0 Å². The van der Waals surface area contributed by atoms with Crippen LogP contribution in [0.2, 0.25) is 0 Å². The van der Waals surface area contributed by atoms with Gasteiger partial charge in [-0.2, -0.15) is 0 Å². The van der Waals surface area contributed by atoms with Crippen molar-refractivity contribution >= 4 is 9.84 Å². The molecule has 2 N–H and O–H groups in total. The van der Waals surface area contributed by atoms with Gasteiger partial charge < -0.3 is 5.73 Å². The van der Waals surface area contributed by atoms with Crippen LogP contribution in [0.15, 0.2) is 29.2 Å². The first-order valence-corrected chi connectivity index (χ1v) is 8.29. The average molecular weight is 269 g/mol. The Kier molecular flexibility index (Phi) is 5.35. The molecule has 0 aliphatic heterocycles. The Hall–Kier alpha value is -0.870. The molecular formula is C14H23NO2S. The molecule has 0 bridgehead atoms. The molecule has 3 nitrogen and oxygen atoms in total. The van der Waals surface area contributed by atoms with Crippen LogP contribution in [0, 0.1) is 5.92 Å². The first-order valence-electron chi connectivity index (χ1n) is 6.40. The molecule has 18 heavy (non-hydrogen) atoms. The van der Waals surface area contributed by atoms with Crippen LogP contribution in [0.1, 0.15) is 44.7 Å². The minimum absolute atomic E-state index is 0.0137. The molecule has 102 valence electrons. The second-order valence-corrected chi connectivity index (χ2v) is 7.09. The Morgan fingerprint density at radius 2 is 1.78 bits per heavy atom. The third kappa shape index (κ3) is 4.42. The molecule has 1 aromatic carbocycles. The molecule has 0 aromatic heterocycles. The normalized spacial score (nSPS) is 15.3. The fourth-order valence-electron chi connectivity index (χ4n) is 2.14. The zero-order valence-corrected chi connectivity index (χ0v) is 12.2. The summed E-state index contributed by atoms with van der Waals surface area (Å²) >= 11 is 0. The summed E-state index contributed by atoms with van der Waals surface area (Å²) in [5.41, 5.74) is 7.14. The van der Waals surface area contributed by atoms with Gasteiger partial charge >= 0.3 is 0 Å². The lowest BCUT2D eigenvalue weighted by molar-refractivity contribution is 0.440. The lowest BCUT2D eigenvalue weighted by atomic mass is 9.94. The molecule has 2 atom stereocenters. The third-order valence-corrected chi connectivity index (χ3v) is 4.30. The average Bonchev–Trinajstić information content (AvgIpc) is 2.28. The number of hydrogen-bond donors (Lipinski definition) is 1. The third-order valence-electron chi connectivity index (χ3n) is 3.17. The summed E-state index contributed by atoms with van der Waals surface area (Å²) in [6.07, 6.45) is 4.49. The van der Waals surface area contributed by atoms with E-state index in [1.807, 2.05) is 12.1 Å². The highest BCUT2D eigenvalue weighted by Crippen LogP contribution is 2.22. The van der Waals surface area contributed by atoms with Crippen molar-refractivity contribution in [2.45, 2.75) is 44.0 Å². The number of benzene rings is 1. The molecule has 2 unspecified atom stereocenters. The highest BCUT2D eigenvalue weighted by Gasteiger charge is 2.12. The van der Waals surface area contributed by atoms with E-state index in [1.54, 1.807) is 12.1 Å². The molecule has 0 amide bonds. The summed E-state index contributed by atoms with van der Waals surface area (Å²) in [5, 5.41) is 0. The summed E-state index contributed by atoms with van der Waals surface area (Å²) in [5.74, 6) is 0.597. The van der Waals surface area contributed by atoms with Crippen LogP contribution in [0.5, 0.6) is 0 Å². The van der Waals surface area contributed by atoms with E-state index in [0.29, 0.717) is 10.8 Å². The zero-order chi connectivity index (χ0) is 13.8. The highest BCUT2D eigenvalue weighted by molar-refractivity contribution is 7.90. The Balaban J connectivity index is 2.73. The lowest BCUT2D eigenvalue weighted by Gasteiger charge is -2.17. The van der Waals surface area contributed by atoms with Crippen LogP contribution in [0.25, 0.3) is 0 Å². The maximum atomic E-state index is 11.3. The minimum Gasteiger partial charge on any atom is -0.324 e. The Morgan fingerprint density at radius 3 is 2.22 bits per heavy atom. The smallest absolute Gasteiger partial charge is 0.175 e. The first kappa shape index (κ1) is 15.2. The molecule has 0 saturated heterocycles. The summed E-state index contributed by atoms with van der Waals surface area (Å²) in [7, 11) is -3.12. The first-order chi connectivity index (χ1) is 8.34. The Labute approximate surface area is 110 Å². The predicted molar refractivity (Wildman–Crippen MR) is 75.2 cm³/mol. The number of rotatable bonds is 6. The van der Waals surface area contributed by atoms with Crippen LogP contribution in [0.4, 0.5) is 0 Å².